The standard InChI is InChI=1S/C16H16O2/c1-12-8-10-15(11-9-12)16(17)18-13(2)14-6-4-3-5-7-14/h3-11,13H,1-2H3. The first kappa shape index (κ1) is 12.4. The molecule has 0 saturated heterocycles. The number of carbonyl (C=O) groups is 1. The molecule has 1 unspecified atom stereocenters. The molecule has 18 heavy (non-hydrogen) atoms. The van der Waals surface area contributed by atoms with Crippen LogP contribution in [-0.2, 0) is 4.74 Å². The predicted octanol–water partition coefficient (Wildman–Crippen LogP) is 3.91. The molecule has 2 aromatic carbocycles. The van der Waals surface area contributed by atoms with Crippen LogP contribution in [-0.4, -0.2) is 5.97 Å². The molecule has 0 aliphatic rings. The number of benzene rings is 2. The largest absolute Gasteiger partial charge is 0.454 e. The Morgan fingerprint density at radius 2 is 1.61 bits per heavy atom. The van der Waals surface area contributed by atoms with Crippen LogP contribution in [0, 0.1) is 6.92 Å². The zero-order valence-electron chi connectivity index (χ0n) is 10.6. The molecule has 0 saturated carbocycles. The van der Waals surface area contributed by atoms with Gasteiger partial charge in [-0.3, -0.25) is 0 Å². The van der Waals surface area contributed by atoms with E-state index in [9.17, 15) is 4.79 Å². The molecule has 0 heterocycles. The fourth-order valence-corrected chi connectivity index (χ4v) is 1.71. The topological polar surface area (TPSA) is 26.3 Å². The molecule has 0 aliphatic carbocycles. The number of rotatable bonds is 3. The summed E-state index contributed by atoms with van der Waals surface area (Å²) in [5.74, 6) is -0.286. The molecule has 0 radical (unpaired) electrons. The second kappa shape index (κ2) is 5.50. The molecule has 92 valence electrons. The van der Waals surface area contributed by atoms with Gasteiger partial charge >= 0.3 is 5.97 Å². The maximum absolute atomic E-state index is 11.9. The first-order valence-electron chi connectivity index (χ1n) is 5.99. The highest BCUT2D eigenvalue weighted by Gasteiger charge is 2.12. The van der Waals surface area contributed by atoms with E-state index in [0.717, 1.165) is 11.1 Å². The molecule has 2 rings (SSSR count). The molecule has 0 spiro atoms. The second-order valence-corrected chi connectivity index (χ2v) is 4.32. The van der Waals surface area contributed by atoms with Crippen molar-refractivity contribution < 1.29 is 9.53 Å². The summed E-state index contributed by atoms with van der Waals surface area (Å²) in [6.07, 6.45) is -0.236. The van der Waals surface area contributed by atoms with Crippen LogP contribution in [0.2, 0.25) is 0 Å². The van der Waals surface area contributed by atoms with Crippen molar-refractivity contribution in [2.24, 2.45) is 0 Å². The van der Waals surface area contributed by atoms with E-state index in [4.69, 9.17) is 4.74 Å². The molecule has 0 fully saturated rings. The molecule has 0 bridgehead atoms. The van der Waals surface area contributed by atoms with Gasteiger partial charge in [0.25, 0.3) is 0 Å². The van der Waals surface area contributed by atoms with E-state index in [-0.39, 0.29) is 12.1 Å². The average molecular weight is 240 g/mol. The summed E-state index contributed by atoms with van der Waals surface area (Å²) in [4.78, 5) is 11.9. The normalized spacial score (nSPS) is 11.9. The van der Waals surface area contributed by atoms with Crippen molar-refractivity contribution in [2.75, 3.05) is 0 Å². The molecule has 0 amide bonds. The first-order valence-corrected chi connectivity index (χ1v) is 5.99. The van der Waals surface area contributed by atoms with Gasteiger partial charge in [0.2, 0.25) is 0 Å². The van der Waals surface area contributed by atoms with Crippen molar-refractivity contribution in [1.82, 2.24) is 0 Å². The van der Waals surface area contributed by atoms with Crippen molar-refractivity contribution >= 4 is 5.97 Å². The highest BCUT2D eigenvalue weighted by atomic mass is 16.5. The summed E-state index contributed by atoms with van der Waals surface area (Å²) in [6.45, 7) is 3.86. The van der Waals surface area contributed by atoms with Crippen molar-refractivity contribution in [3.63, 3.8) is 0 Å². The summed E-state index contributed by atoms with van der Waals surface area (Å²) in [5, 5.41) is 0. The summed E-state index contributed by atoms with van der Waals surface area (Å²) in [6, 6.07) is 17.1. The third-order valence-corrected chi connectivity index (χ3v) is 2.84. The Morgan fingerprint density at radius 3 is 2.22 bits per heavy atom. The van der Waals surface area contributed by atoms with Crippen LogP contribution in [0.25, 0.3) is 0 Å². The maximum Gasteiger partial charge on any atom is 0.338 e. The first-order chi connectivity index (χ1) is 8.66. The third kappa shape index (κ3) is 2.98. The zero-order chi connectivity index (χ0) is 13.0. The fourth-order valence-electron chi connectivity index (χ4n) is 1.71. The minimum Gasteiger partial charge on any atom is -0.454 e. The second-order valence-electron chi connectivity index (χ2n) is 4.32. The van der Waals surface area contributed by atoms with Gasteiger partial charge in [-0.05, 0) is 31.5 Å². The maximum atomic E-state index is 11.9. The predicted molar refractivity (Wildman–Crippen MR) is 71.5 cm³/mol. The van der Waals surface area contributed by atoms with Crippen LogP contribution in [0.15, 0.2) is 54.6 Å². The molecule has 0 aliphatic heterocycles. The van der Waals surface area contributed by atoms with E-state index in [2.05, 4.69) is 0 Å². The molecule has 2 heteroatoms. The van der Waals surface area contributed by atoms with E-state index in [1.807, 2.05) is 56.3 Å². The van der Waals surface area contributed by atoms with E-state index >= 15 is 0 Å². The van der Waals surface area contributed by atoms with Gasteiger partial charge < -0.3 is 4.74 Å². The van der Waals surface area contributed by atoms with E-state index in [1.165, 1.54) is 0 Å². The molecule has 0 aromatic heterocycles. The number of hydrogen-bond acceptors (Lipinski definition) is 2. The summed E-state index contributed by atoms with van der Waals surface area (Å²) < 4.78 is 5.42. The fraction of sp³-hybridized carbons (Fsp3) is 0.188. The lowest BCUT2D eigenvalue weighted by Crippen LogP contribution is -2.09. The van der Waals surface area contributed by atoms with Crippen molar-refractivity contribution in [1.29, 1.82) is 0 Å². The molecule has 2 nitrogen and oxygen atoms in total. The van der Waals surface area contributed by atoms with Crippen LogP contribution in [0.5, 0.6) is 0 Å². The Morgan fingerprint density at radius 1 is 1.00 bits per heavy atom. The van der Waals surface area contributed by atoms with Gasteiger partial charge in [-0.2, -0.15) is 0 Å². The van der Waals surface area contributed by atoms with Gasteiger partial charge in [0, 0.05) is 0 Å². The Kier molecular flexibility index (Phi) is 3.78. The number of esters is 1. The lowest BCUT2D eigenvalue weighted by atomic mass is 10.1. The number of hydrogen-bond donors (Lipinski definition) is 0. The number of aryl methyl sites for hydroxylation is 1. The summed E-state index contributed by atoms with van der Waals surface area (Å²) in [7, 11) is 0. The van der Waals surface area contributed by atoms with E-state index in [1.54, 1.807) is 12.1 Å². The Bertz CT molecular complexity index is 515. The smallest absolute Gasteiger partial charge is 0.338 e. The van der Waals surface area contributed by atoms with Crippen LogP contribution in [0.1, 0.15) is 34.5 Å². The van der Waals surface area contributed by atoms with E-state index in [0.29, 0.717) is 5.56 Å². The Hall–Kier alpha value is -2.09. The van der Waals surface area contributed by atoms with Crippen LogP contribution in [0.3, 0.4) is 0 Å². The Labute approximate surface area is 107 Å². The average Bonchev–Trinajstić information content (AvgIpc) is 2.40. The summed E-state index contributed by atoms with van der Waals surface area (Å²) in [5.41, 5.74) is 2.71. The lowest BCUT2D eigenvalue weighted by molar-refractivity contribution is 0.0338. The van der Waals surface area contributed by atoms with Crippen LogP contribution in [0.4, 0.5) is 0 Å². The van der Waals surface area contributed by atoms with Gasteiger partial charge in [-0.1, -0.05) is 48.0 Å². The van der Waals surface area contributed by atoms with Gasteiger partial charge in [-0.25, -0.2) is 4.79 Å². The van der Waals surface area contributed by atoms with Crippen LogP contribution >= 0.6 is 0 Å². The van der Waals surface area contributed by atoms with Crippen molar-refractivity contribution in [3.05, 3.63) is 71.3 Å². The monoisotopic (exact) mass is 240 g/mol. The molecule has 0 N–H and O–H groups in total. The molecular formula is C16H16O2. The van der Waals surface area contributed by atoms with Crippen LogP contribution < -0.4 is 0 Å². The van der Waals surface area contributed by atoms with Gasteiger partial charge in [-0.15, -0.1) is 0 Å². The zero-order valence-corrected chi connectivity index (χ0v) is 10.6. The lowest BCUT2D eigenvalue weighted by Gasteiger charge is -2.13. The van der Waals surface area contributed by atoms with Crippen molar-refractivity contribution in [2.45, 2.75) is 20.0 Å². The number of ether oxygens (including phenoxy) is 1. The van der Waals surface area contributed by atoms with Gasteiger partial charge in [0.05, 0.1) is 5.56 Å². The highest BCUT2D eigenvalue weighted by Crippen LogP contribution is 2.18. The highest BCUT2D eigenvalue weighted by molar-refractivity contribution is 5.89. The van der Waals surface area contributed by atoms with Crippen molar-refractivity contribution in [3.8, 4) is 0 Å². The van der Waals surface area contributed by atoms with Gasteiger partial charge in [0.1, 0.15) is 6.10 Å². The quantitative estimate of drug-likeness (QED) is 0.760. The minimum atomic E-state index is -0.286. The van der Waals surface area contributed by atoms with Gasteiger partial charge in [0.15, 0.2) is 0 Å². The molecule has 1 atom stereocenters. The Balaban J connectivity index is 2.06. The minimum absolute atomic E-state index is 0.236. The van der Waals surface area contributed by atoms with E-state index < -0.39 is 0 Å². The number of carbonyl (C=O) groups excluding carboxylic acids is 1. The third-order valence-electron chi connectivity index (χ3n) is 2.84. The summed E-state index contributed by atoms with van der Waals surface area (Å²) >= 11 is 0. The molecular weight excluding hydrogens is 224 g/mol. The molecule has 2 aromatic rings. The SMILES string of the molecule is Cc1ccc(C(=O)OC(C)c2ccccc2)cc1.